The summed E-state index contributed by atoms with van der Waals surface area (Å²) in [6.45, 7) is 9.57. The van der Waals surface area contributed by atoms with Gasteiger partial charge >= 0.3 is 0 Å². The molecule has 1 N–H and O–H groups in total. The molecule has 1 atom stereocenters. The van der Waals surface area contributed by atoms with Crippen molar-refractivity contribution in [3.05, 3.63) is 0 Å². The predicted molar refractivity (Wildman–Crippen MR) is 62.7 cm³/mol. The van der Waals surface area contributed by atoms with Crippen LogP contribution in [0.5, 0.6) is 0 Å². The topological polar surface area (TPSA) is 15.3 Å². The van der Waals surface area contributed by atoms with Crippen LogP contribution in [0, 0.1) is 0 Å². The Morgan fingerprint density at radius 1 is 1.21 bits per heavy atom. The van der Waals surface area contributed by atoms with Gasteiger partial charge in [-0.15, -0.1) is 0 Å². The van der Waals surface area contributed by atoms with E-state index in [1.165, 1.54) is 58.3 Å². The number of unbranched alkanes of at least 4 members (excludes halogenated alkanes) is 1. The molecule has 1 rings (SSSR count). The van der Waals surface area contributed by atoms with E-state index in [4.69, 9.17) is 0 Å². The highest BCUT2D eigenvalue weighted by Gasteiger charge is 2.16. The molecule has 2 nitrogen and oxygen atoms in total. The maximum atomic E-state index is 3.47. The lowest BCUT2D eigenvalue weighted by atomic mass is 10.1. The average Bonchev–Trinajstić information content (AvgIpc) is 2.48. The van der Waals surface area contributed by atoms with E-state index in [2.05, 4.69) is 24.1 Å². The first-order valence-electron chi connectivity index (χ1n) is 6.33. The van der Waals surface area contributed by atoms with Gasteiger partial charge in [-0.25, -0.2) is 0 Å². The third-order valence-electron chi connectivity index (χ3n) is 3.25. The monoisotopic (exact) mass is 198 g/mol. The highest BCUT2D eigenvalue weighted by molar-refractivity contribution is 4.74. The highest BCUT2D eigenvalue weighted by Crippen LogP contribution is 2.13. The molecule has 0 amide bonds. The second kappa shape index (κ2) is 7.24. The summed E-state index contributed by atoms with van der Waals surface area (Å²) in [4.78, 5) is 2.69. The van der Waals surface area contributed by atoms with Crippen LogP contribution in [0.3, 0.4) is 0 Å². The molecule has 0 aliphatic carbocycles. The first-order valence-corrected chi connectivity index (χ1v) is 6.33. The van der Waals surface area contributed by atoms with E-state index >= 15 is 0 Å². The Bertz CT molecular complexity index is 128. The summed E-state index contributed by atoms with van der Waals surface area (Å²) in [7, 11) is 0. The van der Waals surface area contributed by atoms with Gasteiger partial charge in [-0.3, -0.25) is 4.90 Å². The molecule has 0 aromatic heterocycles. The van der Waals surface area contributed by atoms with Crippen LogP contribution < -0.4 is 5.32 Å². The van der Waals surface area contributed by atoms with Crippen LogP contribution in [0.25, 0.3) is 0 Å². The molecule has 1 fully saturated rings. The molecule has 1 heterocycles. The van der Waals surface area contributed by atoms with Gasteiger partial charge in [-0.1, -0.05) is 26.7 Å². The van der Waals surface area contributed by atoms with Crippen molar-refractivity contribution in [3.8, 4) is 0 Å². The number of hydrogen-bond acceptors (Lipinski definition) is 2. The van der Waals surface area contributed by atoms with Crippen LogP contribution in [0.15, 0.2) is 0 Å². The Kier molecular flexibility index (Phi) is 6.20. The van der Waals surface area contributed by atoms with Crippen LogP contribution in [0.2, 0.25) is 0 Å². The molecule has 2 heteroatoms. The molecule has 14 heavy (non-hydrogen) atoms. The summed E-state index contributed by atoms with van der Waals surface area (Å²) in [6.07, 6.45) is 6.76. The minimum Gasteiger partial charge on any atom is -0.315 e. The molecular formula is C12H26N2. The largest absolute Gasteiger partial charge is 0.315 e. The Morgan fingerprint density at radius 3 is 2.79 bits per heavy atom. The molecule has 0 aromatic carbocycles. The van der Waals surface area contributed by atoms with Gasteiger partial charge in [-0.05, 0) is 32.4 Å². The Morgan fingerprint density at radius 2 is 2.07 bits per heavy atom. The fourth-order valence-corrected chi connectivity index (χ4v) is 2.32. The summed E-state index contributed by atoms with van der Waals surface area (Å²) in [5.41, 5.74) is 0. The third kappa shape index (κ3) is 3.97. The van der Waals surface area contributed by atoms with Gasteiger partial charge in [0.25, 0.3) is 0 Å². The summed E-state index contributed by atoms with van der Waals surface area (Å²) < 4.78 is 0. The molecule has 1 saturated heterocycles. The first kappa shape index (κ1) is 12.0. The molecule has 0 aromatic rings. The van der Waals surface area contributed by atoms with Crippen molar-refractivity contribution in [2.75, 3.05) is 26.2 Å². The summed E-state index contributed by atoms with van der Waals surface area (Å²) >= 11 is 0. The Balaban J connectivity index is 2.32. The zero-order chi connectivity index (χ0) is 10.2. The molecule has 1 unspecified atom stereocenters. The first-order chi connectivity index (χ1) is 6.88. The smallest absolute Gasteiger partial charge is 0.0110 e. The molecule has 0 bridgehead atoms. The van der Waals surface area contributed by atoms with Crippen LogP contribution in [-0.2, 0) is 0 Å². The van der Waals surface area contributed by atoms with Crippen molar-refractivity contribution in [1.82, 2.24) is 10.2 Å². The maximum absolute atomic E-state index is 3.47. The molecular weight excluding hydrogens is 172 g/mol. The Labute approximate surface area is 89.1 Å². The van der Waals surface area contributed by atoms with Gasteiger partial charge in [0.1, 0.15) is 0 Å². The predicted octanol–water partition coefficient (Wildman–Crippen LogP) is 2.25. The molecule has 0 saturated carbocycles. The van der Waals surface area contributed by atoms with E-state index in [1.54, 1.807) is 0 Å². The summed E-state index contributed by atoms with van der Waals surface area (Å²) in [5.74, 6) is 0. The zero-order valence-electron chi connectivity index (χ0n) is 9.89. The molecule has 1 aliphatic rings. The fraction of sp³-hybridized carbons (Fsp3) is 1.00. The van der Waals surface area contributed by atoms with Crippen molar-refractivity contribution in [1.29, 1.82) is 0 Å². The zero-order valence-corrected chi connectivity index (χ0v) is 9.89. The summed E-state index contributed by atoms with van der Waals surface area (Å²) in [6, 6.07) is 0.842. The van der Waals surface area contributed by atoms with Crippen molar-refractivity contribution < 1.29 is 0 Å². The maximum Gasteiger partial charge on any atom is 0.0110 e. The Hall–Kier alpha value is -0.0800. The van der Waals surface area contributed by atoms with E-state index in [1.807, 2.05) is 0 Å². The van der Waals surface area contributed by atoms with Crippen LogP contribution in [0.1, 0.15) is 46.0 Å². The third-order valence-corrected chi connectivity index (χ3v) is 3.25. The normalized spacial score (nSPS) is 21.9. The van der Waals surface area contributed by atoms with E-state index < -0.39 is 0 Å². The second-order valence-electron chi connectivity index (χ2n) is 4.34. The molecule has 0 spiro atoms. The fourth-order valence-electron chi connectivity index (χ4n) is 2.32. The van der Waals surface area contributed by atoms with E-state index in [0.29, 0.717) is 0 Å². The van der Waals surface area contributed by atoms with Crippen molar-refractivity contribution >= 4 is 0 Å². The van der Waals surface area contributed by atoms with Crippen molar-refractivity contribution in [2.24, 2.45) is 0 Å². The lowest BCUT2D eigenvalue weighted by Crippen LogP contribution is -2.37. The van der Waals surface area contributed by atoms with E-state index in [0.717, 1.165) is 6.04 Å². The lowest BCUT2D eigenvalue weighted by Gasteiger charge is -2.29. The van der Waals surface area contributed by atoms with Crippen molar-refractivity contribution in [3.63, 3.8) is 0 Å². The number of hydrogen-bond donors (Lipinski definition) is 1. The van der Waals surface area contributed by atoms with Gasteiger partial charge < -0.3 is 5.32 Å². The average molecular weight is 198 g/mol. The van der Waals surface area contributed by atoms with Crippen LogP contribution in [-0.4, -0.2) is 37.1 Å². The summed E-state index contributed by atoms with van der Waals surface area (Å²) in [5, 5.41) is 3.47. The van der Waals surface area contributed by atoms with Gasteiger partial charge in [0.15, 0.2) is 0 Å². The van der Waals surface area contributed by atoms with Crippen molar-refractivity contribution in [2.45, 2.75) is 52.0 Å². The van der Waals surface area contributed by atoms with Gasteiger partial charge in [0.05, 0.1) is 0 Å². The number of rotatable bonds is 5. The standard InChI is InChI=1S/C12H26N2/c1-3-5-7-12(4-2)14-10-6-8-13-9-11-14/h12-13H,3-11H2,1-2H3. The minimum atomic E-state index is 0.842. The number of nitrogens with one attached hydrogen (secondary N) is 1. The lowest BCUT2D eigenvalue weighted by molar-refractivity contribution is 0.190. The minimum absolute atomic E-state index is 0.842. The highest BCUT2D eigenvalue weighted by atomic mass is 15.2. The molecule has 0 radical (unpaired) electrons. The van der Waals surface area contributed by atoms with Gasteiger partial charge in [-0.2, -0.15) is 0 Å². The van der Waals surface area contributed by atoms with Gasteiger partial charge in [0.2, 0.25) is 0 Å². The molecule has 84 valence electrons. The van der Waals surface area contributed by atoms with E-state index in [-0.39, 0.29) is 0 Å². The van der Waals surface area contributed by atoms with Gasteiger partial charge in [0, 0.05) is 19.1 Å². The SMILES string of the molecule is CCCCC(CC)N1CCCNCC1. The van der Waals surface area contributed by atoms with E-state index in [9.17, 15) is 0 Å². The molecule has 1 aliphatic heterocycles. The number of nitrogens with zero attached hydrogens (tertiary/aromatic N) is 1. The second-order valence-corrected chi connectivity index (χ2v) is 4.34. The van der Waals surface area contributed by atoms with Crippen LogP contribution in [0.4, 0.5) is 0 Å². The quantitative estimate of drug-likeness (QED) is 0.729. The van der Waals surface area contributed by atoms with Crippen LogP contribution >= 0.6 is 0 Å².